The van der Waals surface area contributed by atoms with E-state index in [2.05, 4.69) is 20.6 Å². The third-order valence-electron chi connectivity index (χ3n) is 2.63. The average Bonchev–Trinajstić information content (AvgIpc) is 2.46. The van der Waals surface area contributed by atoms with Crippen molar-refractivity contribution in [2.45, 2.75) is 13.5 Å². The summed E-state index contributed by atoms with van der Waals surface area (Å²) in [5.74, 6) is 0.564. The maximum atomic E-state index is 12.8. The highest BCUT2D eigenvalue weighted by Gasteiger charge is 2.04. The van der Waals surface area contributed by atoms with E-state index in [-0.39, 0.29) is 5.82 Å². The molecule has 0 aliphatic carbocycles. The zero-order valence-corrected chi connectivity index (χ0v) is 12.5. The van der Waals surface area contributed by atoms with Crippen LogP contribution in [0.1, 0.15) is 11.3 Å². The average molecular weight is 306 g/mol. The first-order valence-corrected chi connectivity index (χ1v) is 6.66. The molecule has 7 heteroatoms. The van der Waals surface area contributed by atoms with Crippen LogP contribution in [0.2, 0.25) is 0 Å². The largest absolute Gasteiger partial charge is 0.481 e. The third-order valence-corrected chi connectivity index (χ3v) is 2.88. The predicted molar refractivity (Wildman–Crippen MR) is 82.8 cm³/mol. The summed E-state index contributed by atoms with van der Waals surface area (Å²) >= 11 is 5.17. The standard InChI is InChI=1S/C14H15FN4OS/c1-9-7-12(20-2)18-13(17-9)19-14(21)16-8-10-3-5-11(15)6-4-10/h3-7H,8H2,1-2H3,(H2,16,17,18,19,21). The number of aromatic nitrogens is 2. The summed E-state index contributed by atoms with van der Waals surface area (Å²) in [6.07, 6.45) is 0. The molecule has 0 bridgehead atoms. The highest BCUT2D eigenvalue weighted by Crippen LogP contribution is 2.11. The summed E-state index contributed by atoms with van der Waals surface area (Å²) in [6, 6.07) is 7.92. The van der Waals surface area contributed by atoms with E-state index in [4.69, 9.17) is 17.0 Å². The van der Waals surface area contributed by atoms with Crippen molar-refractivity contribution in [2.75, 3.05) is 12.4 Å². The number of nitrogens with zero attached hydrogens (tertiary/aromatic N) is 2. The minimum atomic E-state index is -0.264. The van der Waals surface area contributed by atoms with Gasteiger partial charge in [0, 0.05) is 18.3 Å². The summed E-state index contributed by atoms with van der Waals surface area (Å²) in [7, 11) is 1.54. The predicted octanol–water partition coefficient (Wildman–Crippen LogP) is 2.42. The molecule has 0 atom stereocenters. The van der Waals surface area contributed by atoms with Crippen LogP contribution in [0.25, 0.3) is 0 Å². The lowest BCUT2D eigenvalue weighted by Gasteiger charge is -2.10. The van der Waals surface area contributed by atoms with Gasteiger partial charge in [0.1, 0.15) is 5.82 Å². The number of hydrogen-bond donors (Lipinski definition) is 2. The van der Waals surface area contributed by atoms with Gasteiger partial charge in [0.25, 0.3) is 0 Å². The summed E-state index contributed by atoms with van der Waals surface area (Å²) in [4.78, 5) is 8.35. The fourth-order valence-corrected chi connectivity index (χ4v) is 1.79. The highest BCUT2D eigenvalue weighted by atomic mass is 32.1. The fraction of sp³-hybridized carbons (Fsp3) is 0.214. The second kappa shape index (κ2) is 6.94. The minimum absolute atomic E-state index is 0.264. The molecule has 0 unspecified atom stereocenters. The highest BCUT2D eigenvalue weighted by molar-refractivity contribution is 7.80. The molecule has 2 N–H and O–H groups in total. The van der Waals surface area contributed by atoms with Gasteiger partial charge in [-0.15, -0.1) is 0 Å². The van der Waals surface area contributed by atoms with Gasteiger partial charge in [0.2, 0.25) is 11.8 Å². The van der Waals surface area contributed by atoms with Crippen LogP contribution >= 0.6 is 12.2 Å². The van der Waals surface area contributed by atoms with Crippen molar-refractivity contribution in [1.82, 2.24) is 15.3 Å². The Hall–Kier alpha value is -2.28. The lowest BCUT2D eigenvalue weighted by atomic mass is 10.2. The van der Waals surface area contributed by atoms with E-state index < -0.39 is 0 Å². The maximum Gasteiger partial charge on any atom is 0.232 e. The van der Waals surface area contributed by atoms with E-state index >= 15 is 0 Å². The van der Waals surface area contributed by atoms with E-state index in [0.29, 0.717) is 23.5 Å². The first-order valence-electron chi connectivity index (χ1n) is 6.26. The van der Waals surface area contributed by atoms with Crippen LogP contribution in [0.4, 0.5) is 10.3 Å². The van der Waals surface area contributed by atoms with Gasteiger partial charge >= 0.3 is 0 Å². The van der Waals surface area contributed by atoms with Gasteiger partial charge in [-0.25, -0.2) is 9.37 Å². The molecular weight excluding hydrogens is 291 g/mol. The van der Waals surface area contributed by atoms with Crippen molar-refractivity contribution < 1.29 is 9.13 Å². The van der Waals surface area contributed by atoms with Crippen molar-refractivity contribution in [2.24, 2.45) is 0 Å². The Balaban J connectivity index is 1.92. The van der Waals surface area contributed by atoms with E-state index in [1.165, 1.54) is 19.2 Å². The maximum absolute atomic E-state index is 12.8. The zero-order chi connectivity index (χ0) is 15.2. The molecule has 5 nitrogen and oxygen atoms in total. The molecule has 2 aromatic rings. The molecular formula is C14H15FN4OS. The van der Waals surface area contributed by atoms with Gasteiger partial charge < -0.3 is 15.4 Å². The minimum Gasteiger partial charge on any atom is -0.481 e. The SMILES string of the molecule is COc1cc(C)nc(NC(=S)NCc2ccc(F)cc2)n1. The first-order chi connectivity index (χ1) is 10.1. The molecule has 21 heavy (non-hydrogen) atoms. The summed E-state index contributed by atoms with van der Waals surface area (Å²) in [5.41, 5.74) is 1.69. The monoisotopic (exact) mass is 306 g/mol. The van der Waals surface area contributed by atoms with E-state index in [1.807, 2.05) is 6.92 Å². The topological polar surface area (TPSA) is 59.1 Å². The molecule has 0 radical (unpaired) electrons. The summed E-state index contributed by atoms with van der Waals surface area (Å²) in [6.45, 7) is 2.32. The number of nitrogens with one attached hydrogen (secondary N) is 2. The van der Waals surface area contributed by atoms with E-state index in [9.17, 15) is 4.39 Å². The second-order valence-electron chi connectivity index (χ2n) is 4.31. The molecule has 2 rings (SSSR count). The van der Waals surface area contributed by atoms with Crippen molar-refractivity contribution >= 4 is 23.3 Å². The van der Waals surface area contributed by atoms with Crippen LogP contribution in [0.3, 0.4) is 0 Å². The number of hydrogen-bond acceptors (Lipinski definition) is 4. The Bertz CT molecular complexity index is 633. The van der Waals surface area contributed by atoms with E-state index in [1.54, 1.807) is 18.2 Å². The van der Waals surface area contributed by atoms with Crippen LogP contribution in [0.5, 0.6) is 5.88 Å². The van der Waals surface area contributed by atoms with Crippen molar-refractivity contribution in [3.05, 3.63) is 47.4 Å². The van der Waals surface area contributed by atoms with Gasteiger partial charge in [-0.05, 0) is 36.8 Å². The lowest BCUT2D eigenvalue weighted by Crippen LogP contribution is -2.28. The molecule has 0 saturated heterocycles. The number of aryl methyl sites for hydroxylation is 1. The number of benzene rings is 1. The van der Waals surface area contributed by atoms with Gasteiger partial charge in [-0.1, -0.05) is 12.1 Å². The quantitative estimate of drug-likeness (QED) is 0.846. The number of anilines is 1. The van der Waals surface area contributed by atoms with Gasteiger partial charge in [0.05, 0.1) is 7.11 Å². The van der Waals surface area contributed by atoms with Crippen LogP contribution in [-0.4, -0.2) is 22.2 Å². The lowest BCUT2D eigenvalue weighted by molar-refractivity contribution is 0.397. The Labute approximate surface area is 127 Å². The summed E-state index contributed by atoms with van der Waals surface area (Å²) in [5, 5.41) is 6.27. The Kier molecular flexibility index (Phi) is 4.99. The first kappa shape index (κ1) is 15.1. The molecule has 0 amide bonds. The van der Waals surface area contributed by atoms with E-state index in [0.717, 1.165) is 11.3 Å². The van der Waals surface area contributed by atoms with Crippen LogP contribution in [0.15, 0.2) is 30.3 Å². The van der Waals surface area contributed by atoms with Crippen molar-refractivity contribution in [1.29, 1.82) is 0 Å². The number of methoxy groups -OCH3 is 1. The number of rotatable bonds is 4. The number of thiocarbonyl (C=S) groups is 1. The normalized spacial score (nSPS) is 10.0. The molecule has 0 aliphatic heterocycles. The van der Waals surface area contributed by atoms with Crippen LogP contribution in [-0.2, 0) is 6.54 Å². The number of ether oxygens (including phenoxy) is 1. The Morgan fingerprint density at radius 3 is 2.67 bits per heavy atom. The van der Waals surface area contributed by atoms with Gasteiger partial charge in [0.15, 0.2) is 5.11 Å². The molecule has 0 fully saturated rings. The van der Waals surface area contributed by atoms with Crippen molar-refractivity contribution in [3.8, 4) is 5.88 Å². The Morgan fingerprint density at radius 1 is 1.29 bits per heavy atom. The van der Waals surface area contributed by atoms with Crippen LogP contribution in [0, 0.1) is 12.7 Å². The smallest absolute Gasteiger partial charge is 0.232 e. The van der Waals surface area contributed by atoms with Crippen LogP contribution < -0.4 is 15.4 Å². The zero-order valence-electron chi connectivity index (χ0n) is 11.7. The molecule has 110 valence electrons. The molecule has 0 saturated carbocycles. The second-order valence-corrected chi connectivity index (χ2v) is 4.72. The molecule has 1 aromatic carbocycles. The summed E-state index contributed by atoms with van der Waals surface area (Å²) < 4.78 is 17.9. The molecule has 1 heterocycles. The molecule has 0 spiro atoms. The van der Waals surface area contributed by atoms with Gasteiger partial charge in [-0.3, -0.25) is 0 Å². The van der Waals surface area contributed by atoms with Gasteiger partial charge in [-0.2, -0.15) is 4.98 Å². The fourth-order valence-electron chi connectivity index (χ4n) is 1.63. The van der Waals surface area contributed by atoms with Crippen molar-refractivity contribution in [3.63, 3.8) is 0 Å². The Morgan fingerprint density at radius 2 is 2.00 bits per heavy atom. The third kappa shape index (κ3) is 4.64. The molecule has 0 aliphatic rings. The molecule has 1 aromatic heterocycles. The number of halogens is 1.